The second-order valence-electron chi connectivity index (χ2n) is 6.74. The first-order valence-corrected chi connectivity index (χ1v) is 7.52. The fourth-order valence-electron chi connectivity index (χ4n) is 2.46. The number of nitrogens with one attached hydrogen (secondary N) is 2. The maximum atomic E-state index is 3.80. The van der Waals surface area contributed by atoms with Gasteiger partial charge in [-0.25, -0.2) is 0 Å². The predicted molar refractivity (Wildman–Crippen MR) is 82.1 cm³/mol. The van der Waals surface area contributed by atoms with E-state index in [1.165, 1.54) is 17.5 Å². The van der Waals surface area contributed by atoms with Crippen molar-refractivity contribution in [2.45, 2.75) is 46.7 Å². The van der Waals surface area contributed by atoms with Crippen molar-refractivity contribution >= 4 is 0 Å². The standard InChI is InChI=1S/C17H28N2/c1-13(2)17(3,4)12-19-16-9-10-18-11-14-7-5-6-8-15(14)16/h5-8,13,16,18-19H,9-12H2,1-4H3. The van der Waals surface area contributed by atoms with Crippen molar-refractivity contribution in [1.29, 1.82) is 0 Å². The molecule has 1 unspecified atom stereocenters. The highest BCUT2D eigenvalue weighted by molar-refractivity contribution is 5.31. The third kappa shape index (κ3) is 3.58. The number of hydrogen-bond donors (Lipinski definition) is 2. The molecule has 0 saturated carbocycles. The van der Waals surface area contributed by atoms with Crippen LogP contribution < -0.4 is 10.6 Å². The molecule has 2 heteroatoms. The summed E-state index contributed by atoms with van der Waals surface area (Å²) in [6, 6.07) is 9.32. The van der Waals surface area contributed by atoms with E-state index in [4.69, 9.17) is 0 Å². The minimum atomic E-state index is 0.342. The van der Waals surface area contributed by atoms with Crippen LogP contribution in [-0.2, 0) is 6.54 Å². The van der Waals surface area contributed by atoms with Gasteiger partial charge in [-0.05, 0) is 35.4 Å². The van der Waals surface area contributed by atoms with Crippen molar-refractivity contribution in [1.82, 2.24) is 10.6 Å². The van der Waals surface area contributed by atoms with Gasteiger partial charge in [-0.2, -0.15) is 0 Å². The molecule has 1 aliphatic rings. The van der Waals surface area contributed by atoms with Crippen LogP contribution in [0.3, 0.4) is 0 Å². The summed E-state index contributed by atoms with van der Waals surface area (Å²) in [6.45, 7) is 12.5. The average Bonchev–Trinajstić information content (AvgIpc) is 2.58. The van der Waals surface area contributed by atoms with Crippen LogP contribution in [0.25, 0.3) is 0 Å². The summed E-state index contributed by atoms with van der Waals surface area (Å²) in [6.07, 6.45) is 1.17. The van der Waals surface area contributed by atoms with Crippen molar-refractivity contribution in [2.24, 2.45) is 11.3 Å². The lowest BCUT2D eigenvalue weighted by Crippen LogP contribution is -2.36. The summed E-state index contributed by atoms with van der Waals surface area (Å²) >= 11 is 0. The van der Waals surface area contributed by atoms with Crippen molar-refractivity contribution in [3.63, 3.8) is 0 Å². The van der Waals surface area contributed by atoms with E-state index in [0.29, 0.717) is 17.4 Å². The molecule has 2 nitrogen and oxygen atoms in total. The fourth-order valence-corrected chi connectivity index (χ4v) is 2.46. The van der Waals surface area contributed by atoms with E-state index in [1.807, 2.05) is 0 Å². The summed E-state index contributed by atoms with van der Waals surface area (Å²) in [5.74, 6) is 0.694. The Bertz CT molecular complexity index is 409. The maximum absolute atomic E-state index is 3.80. The van der Waals surface area contributed by atoms with Gasteiger partial charge in [-0.1, -0.05) is 52.0 Å². The van der Waals surface area contributed by atoms with Crippen molar-refractivity contribution in [3.8, 4) is 0 Å². The molecule has 106 valence electrons. The number of rotatable bonds is 4. The van der Waals surface area contributed by atoms with Crippen molar-refractivity contribution in [2.75, 3.05) is 13.1 Å². The lowest BCUT2D eigenvalue weighted by Gasteiger charge is -2.32. The Morgan fingerprint density at radius 3 is 2.79 bits per heavy atom. The number of benzene rings is 1. The van der Waals surface area contributed by atoms with Crippen LogP contribution >= 0.6 is 0 Å². The van der Waals surface area contributed by atoms with Crippen LogP contribution in [-0.4, -0.2) is 13.1 Å². The van der Waals surface area contributed by atoms with Crippen LogP contribution in [0.2, 0.25) is 0 Å². The molecule has 0 aliphatic carbocycles. The Morgan fingerprint density at radius 1 is 1.32 bits per heavy atom. The molecule has 0 amide bonds. The largest absolute Gasteiger partial charge is 0.313 e. The molecule has 1 aliphatic heterocycles. The Labute approximate surface area is 118 Å². The molecule has 0 saturated heterocycles. The zero-order valence-electron chi connectivity index (χ0n) is 12.8. The Balaban J connectivity index is 2.08. The third-order valence-corrected chi connectivity index (χ3v) is 4.72. The Hall–Kier alpha value is -0.860. The zero-order valence-corrected chi connectivity index (χ0v) is 12.8. The van der Waals surface area contributed by atoms with E-state index in [-0.39, 0.29) is 0 Å². The molecule has 0 fully saturated rings. The first-order chi connectivity index (χ1) is 9.00. The van der Waals surface area contributed by atoms with Crippen molar-refractivity contribution < 1.29 is 0 Å². The molecule has 1 heterocycles. The lowest BCUT2D eigenvalue weighted by molar-refractivity contribution is 0.226. The average molecular weight is 260 g/mol. The van der Waals surface area contributed by atoms with Crippen LogP contribution in [0.15, 0.2) is 24.3 Å². The van der Waals surface area contributed by atoms with Gasteiger partial charge in [0.1, 0.15) is 0 Å². The summed E-state index contributed by atoms with van der Waals surface area (Å²) in [5.41, 5.74) is 3.27. The van der Waals surface area contributed by atoms with Crippen LogP contribution in [0, 0.1) is 11.3 Å². The minimum Gasteiger partial charge on any atom is -0.313 e. The van der Waals surface area contributed by atoms with Gasteiger partial charge in [0.05, 0.1) is 0 Å². The van der Waals surface area contributed by atoms with Gasteiger partial charge in [-0.3, -0.25) is 0 Å². The highest BCUT2D eigenvalue weighted by Gasteiger charge is 2.25. The highest BCUT2D eigenvalue weighted by Crippen LogP contribution is 2.28. The molecular formula is C17H28N2. The van der Waals surface area contributed by atoms with Crippen LogP contribution in [0.1, 0.15) is 51.3 Å². The molecule has 0 bridgehead atoms. The topological polar surface area (TPSA) is 24.1 Å². The SMILES string of the molecule is CC(C)C(C)(C)CNC1CCNCc2ccccc21. The number of fused-ring (bicyclic) bond motifs is 1. The summed E-state index contributed by atoms with van der Waals surface area (Å²) in [7, 11) is 0. The van der Waals surface area contributed by atoms with Crippen LogP contribution in [0.5, 0.6) is 0 Å². The van der Waals surface area contributed by atoms with Gasteiger partial charge in [-0.15, -0.1) is 0 Å². The van der Waals surface area contributed by atoms with Crippen molar-refractivity contribution in [3.05, 3.63) is 35.4 Å². The van der Waals surface area contributed by atoms with E-state index >= 15 is 0 Å². The fraction of sp³-hybridized carbons (Fsp3) is 0.647. The summed E-state index contributed by atoms with van der Waals surface area (Å²) in [5, 5.41) is 7.31. The van der Waals surface area contributed by atoms with Gasteiger partial charge < -0.3 is 10.6 Å². The van der Waals surface area contributed by atoms with E-state index in [1.54, 1.807) is 0 Å². The molecule has 0 aromatic heterocycles. The highest BCUT2D eigenvalue weighted by atomic mass is 15.0. The molecule has 2 rings (SSSR count). The van der Waals surface area contributed by atoms with Gasteiger partial charge >= 0.3 is 0 Å². The summed E-state index contributed by atoms with van der Waals surface area (Å²) < 4.78 is 0. The number of hydrogen-bond acceptors (Lipinski definition) is 2. The molecule has 0 radical (unpaired) electrons. The van der Waals surface area contributed by atoms with Gasteiger partial charge in [0, 0.05) is 19.1 Å². The summed E-state index contributed by atoms with van der Waals surface area (Å²) in [4.78, 5) is 0. The second kappa shape index (κ2) is 6.06. The molecule has 1 aromatic carbocycles. The molecule has 1 atom stereocenters. The Kier molecular flexibility index (Phi) is 4.64. The normalized spacial score (nSPS) is 20.2. The zero-order chi connectivity index (χ0) is 13.9. The van der Waals surface area contributed by atoms with E-state index in [2.05, 4.69) is 62.6 Å². The lowest BCUT2D eigenvalue weighted by atomic mass is 9.81. The predicted octanol–water partition coefficient (Wildman–Crippen LogP) is 3.49. The molecule has 19 heavy (non-hydrogen) atoms. The maximum Gasteiger partial charge on any atom is 0.0335 e. The van der Waals surface area contributed by atoms with E-state index < -0.39 is 0 Å². The first-order valence-electron chi connectivity index (χ1n) is 7.52. The van der Waals surface area contributed by atoms with E-state index in [9.17, 15) is 0 Å². The minimum absolute atomic E-state index is 0.342. The molecular weight excluding hydrogens is 232 g/mol. The molecule has 0 spiro atoms. The van der Waals surface area contributed by atoms with Gasteiger partial charge in [0.2, 0.25) is 0 Å². The monoisotopic (exact) mass is 260 g/mol. The molecule has 1 aromatic rings. The van der Waals surface area contributed by atoms with Gasteiger partial charge in [0.25, 0.3) is 0 Å². The quantitative estimate of drug-likeness (QED) is 0.866. The second-order valence-corrected chi connectivity index (χ2v) is 6.74. The smallest absolute Gasteiger partial charge is 0.0335 e. The Morgan fingerprint density at radius 2 is 2.05 bits per heavy atom. The van der Waals surface area contributed by atoms with Gasteiger partial charge in [0.15, 0.2) is 0 Å². The molecule has 2 N–H and O–H groups in total. The third-order valence-electron chi connectivity index (χ3n) is 4.72. The van der Waals surface area contributed by atoms with Crippen LogP contribution in [0.4, 0.5) is 0 Å². The van der Waals surface area contributed by atoms with E-state index in [0.717, 1.165) is 19.6 Å². The first kappa shape index (κ1) is 14.5.